The van der Waals surface area contributed by atoms with Crippen LogP contribution in [0.4, 0.5) is 0 Å². The van der Waals surface area contributed by atoms with E-state index < -0.39 is 0 Å². The summed E-state index contributed by atoms with van der Waals surface area (Å²) in [5, 5.41) is 1.15. The molecule has 3 rings (SSSR count). The molecule has 5 heteroatoms. The first-order valence-electron chi connectivity index (χ1n) is 10.0. The average molecular weight is 370 g/mol. The van der Waals surface area contributed by atoms with Crippen molar-refractivity contribution >= 4 is 16.9 Å². The Morgan fingerprint density at radius 3 is 2.85 bits per heavy atom. The smallest absolute Gasteiger partial charge is 0.306 e. The SMILES string of the molecule is CCCCc1cc(OC2CCN(CCC(=O)OC)CC2)c2ncccc2c1. The summed E-state index contributed by atoms with van der Waals surface area (Å²) in [4.78, 5) is 18.2. The van der Waals surface area contributed by atoms with Gasteiger partial charge in [0, 0.05) is 31.2 Å². The van der Waals surface area contributed by atoms with E-state index in [4.69, 9.17) is 9.47 Å². The number of hydrogen-bond acceptors (Lipinski definition) is 5. The highest BCUT2D eigenvalue weighted by Crippen LogP contribution is 2.29. The number of carbonyl (C=O) groups excluding carboxylic acids is 1. The van der Waals surface area contributed by atoms with Crippen molar-refractivity contribution in [3.05, 3.63) is 36.0 Å². The number of aryl methyl sites for hydroxylation is 1. The number of benzene rings is 1. The van der Waals surface area contributed by atoms with E-state index in [9.17, 15) is 4.79 Å². The Morgan fingerprint density at radius 2 is 2.11 bits per heavy atom. The largest absolute Gasteiger partial charge is 0.488 e. The van der Waals surface area contributed by atoms with Crippen LogP contribution in [-0.2, 0) is 16.0 Å². The van der Waals surface area contributed by atoms with Gasteiger partial charge in [-0.1, -0.05) is 19.4 Å². The maximum atomic E-state index is 11.3. The molecule has 1 aromatic heterocycles. The van der Waals surface area contributed by atoms with Gasteiger partial charge >= 0.3 is 5.97 Å². The second-order valence-electron chi connectivity index (χ2n) is 7.26. The predicted octanol–water partition coefficient (Wildman–Crippen LogP) is 3.98. The molecule has 2 heterocycles. The Kier molecular flexibility index (Phi) is 7.04. The van der Waals surface area contributed by atoms with Gasteiger partial charge in [-0.3, -0.25) is 9.78 Å². The molecule has 0 unspecified atom stereocenters. The number of unbranched alkanes of at least 4 members (excludes halogenated alkanes) is 1. The van der Waals surface area contributed by atoms with Gasteiger partial charge in [-0.05, 0) is 49.4 Å². The van der Waals surface area contributed by atoms with Gasteiger partial charge < -0.3 is 14.4 Å². The van der Waals surface area contributed by atoms with Gasteiger partial charge in [-0.15, -0.1) is 0 Å². The molecule has 1 aliphatic heterocycles. The molecule has 0 N–H and O–H groups in total. The summed E-state index contributed by atoms with van der Waals surface area (Å²) in [6.45, 7) is 4.87. The van der Waals surface area contributed by atoms with Crippen LogP contribution in [0.1, 0.15) is 44.6 Å². The number of pyridine rings is 1. The van der Waals surface area contributed by atoms with E-state index in [1.54, 1.807) is 0 Å². The van der Waals surface area contributed by atoms with Gasteiger partial charge in [0.1, 0.15) is 17.4 Å². The molecule has 0 saturated carbocycles. The third-order valence-electron chi connectivity index (χ3n) is 5.24. The Morgan fingerprint density at radius 1 is 1.30 bits per heavy atom. The number of aromatic nitrogens is 1. The highest BCUT2D eigenvalue weighted by molar-refractivity contribution is 5.85. The Bertz CT molecular complexity index is 754. The topological polar surface area (TPSA) is 51.7 Å². The number of hydrogen-bond donors (Lipinski definition) is 0. The molecule has 2 aromatic rings. The number of methoxy groups -OCH3 is 1. The van der Waals surface area contributed by atoms with E-state index in [1.807, 2.05) is 12.3 Å². The molecule has 0 bridgehead atoms. The van der Waals surface area contributed by atoms with Crippen molar-refractivity contribution in [1.29, 1.82) is 0 Å². The zero-order chi connectivity index (χ0) is 19.1. The number of fused-ring (bicyclic) bond motifs is 1. The van der Waals surface area contributed by atoms with Crippen molar-refractivity contribution in [3.8, 4) is 5.75 Å². The molecule has 0 atom stereocenters. The molecule has 0 amide bonds. The first-order valence-corrected chi connectivity index (χ1v) is 10.0. The van der Waals surface area contributed by atoms with Gasteiger partial charge in [0.05, 0.1) is 13.5 Å². The van der Waals surface area contributed by atoms with Gasteiger partial charge in [-0.25, -0.2) is 0 Å². The molecule has 0 radical (unpaired) electrons. The third kappa shape index (κ3) is 5.42. The van der Waals surface area contributed by atoms with E-state index in [2.05, 4.69) is 35.0 Å². The predicted molar refractivity (Wildman–Crippen MR) is 107 cm³/mol. The van der Waals surface area contributed by atoms with Crippen LogP contribution in [0.15, 0.2) is 30.5 Å². The lowest BCUT2D eigenvalue weighted by Gasteiger charge is -2.32. The summed E-state index contributed by atoms with van der Waals surface area (Å²) in [6, 6.07) is 8.50. The molecular formula is C22H30N2O3. The minimum Gasteiger partial charge on any atom is -0.488 e. The zero-order valence-corrected chi connectivity index (χ0v) is 16.4. The van der Waals surface area contributed by atoms with Crippen molar-refractivity contribution in [3.63, 3.8) is 0 Å². The number of rotatable bonds is 8. The second-order valence-corrected chi connectivity index (χ2v) is 7.26. The molecule has 1 aromatic carbocycles. The van der Waals surface area contributed by atoms with Crippen LogP contribution >= 0.6 is 0 Å². The first-order chi connectivity index (χ1) is 13.2. The van der Waals surface area contributed by atoms with Gasteiger partial charge in [-0.2, -0.15) is 0 Å². The van der Waals surface area contributed by atoms with Gasteiger partial charge in [0.15, 0.2) is 0 Å². The lowest BCUT2D eigenvalue weighted by molar-refractivity contribution is -0.141. The number of piperidine rings is 1. The summed E-state index contributed by atoms with van der Waals surface area (Å²) in [5.74, 6) is 0.766. The van der Waals surface area contributed by atoms with Gasteiger partial charge in [0.2, 0.25) is 0 Å². The van der Waals surface area contributed by atoms with E-state index >= 15 is 0 Å². The number of nitrogens with zero attached hydrogens (tertiary/aromatic N) is 2. The van der Waals surface area contributed by atoms with Crippen LogP contribution in [0.25, 0.3) is 10.9 Å². The van der Waals surface area contributed by atoms with Crippen LogP contribution < -0.4 is 4.74 Å². The summed E-state index contributed by atoms with van der Waals surface area (Å²) in [7, 11) is 1.44. The molecular weight excluding hydrogens is 340 g/mol. The second kappa shape index (κ2) is 9.70. The Hall–Kier alpha value is -2.14. The maximum absolute atomic E-state index is 11.3. The summed E-state index contributed by atoms with van der Waals surface area (Å²) in [6.07, 6.45) is 7.86. The Labute approximate surface area is 161 Å². The number of ether oxygens (including phenoxy) is 2. The Balaban J connectivity index is 1.63. The minimum atomic E-state index is -0.144. The van der Waals surface area contributed by atoms with Gasteiger partial charge in [0.25, 0.3) is 0 Å². The van der Waals surface area contributed by atoms with Crippen molar-refractivity contribution in [2.24, 2.45) is 0 Å². The summed E-state index contributed by atoms with van der Waals surface area (Å²) >= 11 is 0. The lowest BCUT2D eigenvalue weighted by Crippen LogP contribution is -2.39. The number of likely N-dealkylation sites (tertiary alicyclic amines) is 1. The fourth-order valence-electron chi connectivity index (χ4n) is 3.62. The average Bonchev–Trinajstić information content (AvgIpc) is 2.71. The van der Waals surface area contributed by atoms with Crippen molar-refractivity contribution in [1.82, 2.24) is 9.88 Å². The van der Waals surface area contributed by atoms with Crippen LogP contribution in [0.2, 0.25) is 0 Å². The molecule has 1 saturated heterocycles. The van der Waals surface area contributed by atoms with Crippen molar-refractivity contribution in [2.75, 3.05) is 26.7 Å². The normalized spacial score (nSPS) is 15.8. The molecule has 146 valence electrons. The molecule has 0 aliphatic carbocycles. The summed E-state index contributed by atoms with van der Waals surface area (Å²) in [5.41, 5.74) is 2.27. The minimum absolute atomic E-state index is 0.144. The standard InChI is InChI=1S/C22H30N2O3/c1-3-4-6-17-15-18-7-5-11-23-22(18)20(16-17)27-19-8-12-24(13-9-19)14-10-21(25)26-2/h5,7,11,15-16,19H,3-4,6,8-10,12-14H2,1-2H3. The van der Waals surface area contributed by atoms with E-state index in [0.717, 1.165) is 55.5 Å². The molecule has 1 aliphatic rings. The highest BCUT2D eigenvalue weighted by atomic mass is 16.5. The molecule has 5 nitrogen and oxygen atoms in total. The van der Waals surface area contributed by atoms with Crippen molar-refractivity contribution in [2.45, 2.75) is 51.6 Å². The molecule has 0 spiro atoms. The quantitative estimate of drug-likeness (QED) is 0.658. The zero-order valence-electron chi connectivity index (χ0n) is 16.4. The first kappa shape index (κ1) is 19.6. The van der Waals surface area contributed by atoms with E-state index in [-0.39, 0.29) is 12.1 Å². The maximum Gasteiger partial charge on any atom is 0.306 e. The van der Waals surface area contributed by atoms with Crippen LogP contribution in [0.5, 0.6) is 5.75 Å². The lowest BCUT2D eigenvalue weighted by atomic mass is 10.0. The van der Waals surface area contributed by atoms with Crippen molar-refractivity contribution < 1.29 is 14.3 Å². The van der Waals surface area contributed by atoms with Crippen LogP contribution in [0.3, 0.4) is 0 Å². The summed E-state index contributed by atoms with van der Waals surface area (Å²) < 4.78 is 11.1. The van der Waals surface area contributed by atoms with E-state index in [0.29, 0.717) is 6.42 Å². The highest BCUT2D eigenvalue weighted by Gasteiger charge is 2.22. The van der Waals surface area contributed by atoms with Crippen LogP contribution in [0, 0.1) is 0 Å². The monoisotopic (exact) mass is 370 g/mol. The van der Waals surface area contributed by atoms with E-state index in [1.165, 1.54) is 25.5 Å². The fourth-order valence-corrected chi connectivity index (χ4v) is 3.62. The number of esters is 1. The van der Waals surface area contributed by atoms with Crippen LogP contribution in [-0.4, -0.2) is 48.7 Å². The molecule has 27 heavy (non-hydrogen) atoms. The third-order valence-corrected chi connectivity index (χ3v) is 5.24. The fraction of sp³-hybridized carbons (Fsp3) is 0.545. The number of carbonyl (C=O) groups is 1. The molecule has 1 fully saturated rings.